The molecule has 1 unspecified atom stereocenters. The van der Waals surface area contributed by atoms with Crippen LogP contribution in [0.3, 0.4) is 0 Å². The van der Waals surface area contributed by atoms with Crippen LogP contribution in [0.2, 0.25) is 0 Å². The van der Waals surface area contributed by atoms with Crippen LogP contribution < -0.4 is 34.0 Å². The molecular weight excluding hydrogens is 472 g/mol. The second kappa shape index (κ2) is 11.9. The third kappa shape index (κ3) is 6.19. The Hall–Kier alpha value is -1.25. The van der Waals surface area contributed by atoms with E-state index in [1.807, 2.05) is 0 Å². The van der Waals surface area contributed by atoms with Crippen LogP contribution >= 0.6 is 0 Å². The first-order valence-electron chi connectivity index (χ1n) is 11.5. The van der Waals surface area contributed by atoms with Gasteiger partial charge < -0.3 is 78.5 Å². The fourth-order valence-electron chi connectivity index (χ4n) is 4.71. The predicted molar refractivity (Wildman–Crippen MR) is 117 cm³/mol. The van der Waals surface area contributed by atoms with Crippen molar-refractivity contribution in [2.24, 2.45) is 28.7 Å². The first-order valence-corrected chi connectivity index (χ1v) is 11.5. The van der Waals surface area contributed by atoms with Crippen LogP contribution in [-0.2, 0) is 18.9 Å². The third-order valence-corrected chi connectivity index (χ3v) is 6.70. The SMILES string of the molecule is NC[C@H]1O[C@H](O[C@H]2[C@@H](O)[C@@H](O[C@H]3O[C@H](CO)[C@@H](O)C(N)[C@H]3O)[C@H](N)C[C@@H]2NC(N)=O)[C@H](N)C[C@@H]1O. The van der Waals surface area contributed by atoms with Gasteiger partial charge in [-0.25, -0.2) is 4.79 Å². The Balaban J connectivity index is 1.78. The highest BCUT2D eigenvalue weighted by Crippen LogP contribution is 2.31. The molecule has 0 spiro atoms. The number of ether oxygens (including phenoxy) is 4. The minimum absolute atomic E-state index is 0.00439. The number of aliphatic hydroxyl groups is 5. The van der Waals surface area contributed by atoms with Gasteiger partial charge in [0.15, 0.2) is 12.6 Å². The summed E-state index contributed by atoms with van der Waals surface area (Å²) < 4.78 is 22.8. The summed E-state index contributed by atoms with van der Waals surface area (Å²) in [6.07, 6.45) is -12.0. The van der Waals surface area contributed by atoms with E-state index in [0.29, 0.717) is 0 Å². The first-order chi connectivity index (χ1) is 16.5. The molecule has 3 aliphatic rings. The summed E-state index contributed by atoms with van der Waals surface area (Å²) in [7, 11) is 0. The number of amides is 2. The molecule has 0 aromatic carbocycles. The van der Waals surface area contributed by atoms with E-state index in [-0.39, 0.29) is 19.4 Å². The number of nitrogens with one attached hydrogen (secondary N) is 1. The number of aliphatic hydroxyl groups excluding tert-OH is 5. The fourth-order valence-corrected chi connectivity index (χ4v) is 4.71. The molecule has 14 atom stereocenters. The number of nitrogens with two attached hydrogens (primary N) is 5. The molecule has 16 nitrogen and oxygen atoms in total. The summed E-state index contributed by atoms with van der Waals surface area (Å²) in [5, 5.41) is 53.6. The van der Waals surface area contributed by atoms with Crippen molar-refractivity contribution in [1.29, 1.82) is 0 Å². The van der Waals surface area contributed by atoms with Gasteiger partial charge in [0, 0.05) is 12.6 Å². The highest BCUT2D eigenvalue weighted by molar-refractivity contribution is 5.72. The molecule has 0 aromatic rings. The Morgan fingerprint density at radius 1 is 0.886 bits per heavy atom. The highest BCUT2D eigenvalue weighted by atomic mass is 16.7. The second-order valence-corrected chi connectivity index (χ2v) is 9.24. The van der Waals surface area contributed by atoms with Crippen molar-refractivity contribution >= 4 is 6.03 Å². The standard InChI is InChI=1S/C19H38N6O10/c20-3-9-8(27)2-6(22)17(32-9)35-16-7(25-19(24)31)1-5(21)15(14(16)30)34-18-13(29)11(23)12(28)10(4-26)33-18/h5-18,26-30H,1-4,20-23H2,(H3,24,25,31)/t5-,6-,7+,8+,9-,10-,11?,12-,13-,14+,15+,16-,17-,18-/m1/s1. The highest BCUT2D eigenvalue weighted by Gasteiger charge is 2.51. The maximum Gasteiger partial charge on any atom is 0.312 e. The van der Waals surface area contributed by atoms with E-state index >= 15 is 0 Å². The van der Waals surface area contributed by atoms with Crippen molar-refractivity contribution in [3.05, 3.63) is 0 Å². The number of primary amides is 1. The summed E-state index contributed by atoms with van der Waals surface area (Å²) in [4.78, 5) is 11.6. The van der Waals surface area contributed by atoms with Crippen LogP contribution in [0, 0.1) is 0 Å². The van der Waals surface area contributed by atoms with Crippen LogP contribution in [0.4, 0.5) is 4.79 Å². The van der Waals surface area contributed by atoms with Crippen molar-refractivity contribution in [3.63, 3.8) is 0 Å². The molecule has 3 rings (SSSR count). The van der Waals surface area contributed by atoms with Crippen molar-refractivity contribution in [2.75, 3.05) is 13.2 Å². The number of carbonyl (C=O) groups is 1. The minimum Gasteiger partial charge on any atom is -0.394 e. The number of carbonyl (C=O) groups excluding carboxylic acids is 1. The Morgan fingerprint density at radius 3 is 2.11 bits per heavy atom. The quantitative estimate of drug-likeness (QED) is 0.152. The van der Waals surface area contributed by atoms with Gasteiger partial charge in [0.1, 0.15) is 36.6 Å². The van der Waals surface area contributed by atoms with Gasteiger partial charge in [0.05, 0.1) is 36.9 Å². The first kappa shape index (κ1) is 28.3. The molecule has 2 heterocycles. The molecule has 2 amide bonds. The molecule has 1 aliphatic carbocycles. The van der Waals surface area contributed by atoms with E-state index in [1.165, 1.54) is 0 Å². The monoisotopic (exact) mass is 510 g/mol. The summed E-state index contributed by atoms with van der Waals surface area (Å²) in [6, 6.07) is -4.64. The topological polar surface area (TPSA) is 297 Å². The van der Waals surface area contributed by atoms with Gasteiger partial charge in [0.25, 0.3) is 0 Å². The Morgan fingerprint density at radius 2 is 1.51 bits per heavy atom. The zero-order chi connectivity index (χ0) is 26.0. The number of urea groups is 1. The summed E-state index contributed by atoms with van der Waals surface area (Å²) in [6.45, 7) is -0.599. The van der Waals surface area contributed by atoms with Crippen molar-refractivity contribution in [2.45, 2.75) is 98.4 Å². The third-order valence-electron chi connectivity index (χ3n) is 6.70. The fraction of sp³-hybridized carbons (Fsp3) is 0.947. The molecule has 0 aromatic heterocycles. The van der Waals surface area contributed by atoms with Gasteiger partial charge in [-0.15, -0.1) is 0 Å². The normalized spacial score (nSPS) is 48.9. The van der Waals surface area contributed by atoms with Gasteiger partial charge in [-0.1, -0.05) is 0 Å². The van der Waals surface area contributed by atoms with Crippen molar-refractivity contribution in [1.82, 2.24) is 5.32 Å². The van der Waals surface area contributed by atoms with E-state index < -0.39 is 98.2 Å². The molecule has 204 valence electrons. The lowest BCUT2D eigenvalue weighted by molar-refractivity contribution is -0.315. The van der Waals surface area contributed by atoms with Crippen LogP contribution in [-0.4, -0.2) is 130 Å². The molecule has 16 heteroatoms. The van der Waals surface area contributed by atoms with E-state index in [9.17, 15) is 30.3 Å². The predicted octanol–water partition coefficient (Wildman–Crippen LogP) is -6.59. The lowest BCUT2D eigenvalue weighted by Crippen LogP contribution is -2.69. The molecule has 35 heavy (non-hydrogen) atoms. The number of hydrogen-bond acceptors (Lipinski definition) is 14. The smallest absolute Gasteiger partial charge is 0.312 e. The van der Waals surface area contributed by atoms with Gasteiger partial charge in [-0.3, -0.25) is 0 Å². The van der Waals surface area contributed by atoms with Crippen LogP contribution in [0.15, 0.2) is 0 Å². The molecule has 2 aliphatic heterocycles. The number of hydrogen-bond donors (Lipinski definition) is 11. The van der Waals surface area contributed by atoms with Gasteiger partial charge >= 0.3 is 6.03 Å². The molecule has 3 fully saturated rings. The zero-order valence-electron chi connectivity index (χ0n) is 19.1. The van der Waals surface area contributed by atoms with E-state index in [0.717, 1.165) is 0 Å². The van der Waals surface area contributed by atoms with Gasteiger partial charge in [-0.05, 0) is 12.8 Å². The zero-order valence-corrected chi connectivity index (χ0v) is 19.1. The Bertz CT molecular complexity index is 709. The summed E-state index contributed by atoms with van der Waals surface area (Å²) in [5.41, 5.74) is 29.0. The van der Waals surface area contributed by atoms with E-state index in [1.54, 1.807) is 0 Å². The molecule has 0 bridgehead atoms. The molecule has 2 saturated heterocycles. The Kier molecular flexibility index (Phi) is 9.60. The maximum absolute atomic E-state index is 11.6. The maximum atomic E-state index is 11.6. The molecular formula is C19H38N6O10. The lowest BCUT2D eigenvalue weighted by Gasteiger charge is -2.48. The summed E-state index contributed by atoms with van der Waals surface area (Å²) in [5.74, 6) is 0. The van der Waals surface area contributed by atoms with Crippen molar-refractivity contribution < 1.29 is 49.3 Å². The van der Waals surface area contributed by atoms with E-state index in [2.05, 4.69) is 5.32 Å². The van der Waals surface area contributed by atoms with Gasteiger partial charge in [-0.2, -0.15) is 0 Å². The Labute approximate surface area is 201 Å². The van der Waals surface area contributed by atoms with Crippen LogP contribution in [0.5, 0.6) is 0 Å². The molecule has 1 saturated carbocycles. The average Bonchev–Trinajstić information content (AvgIpc) is 2.79. The summed E-state index contributed by atoms with van der Waals surface area (Å²) >= 11 is 0. The average molecular weight is 511 g/mol. The van der Waals surface area contributed by atoms with Crippen LogP contribution in [0.1, 0.15) is 12.8 Å². The van der Waals surface area contributed by atoms with E-state index in [4.69, 9.17) is 47.6 Å². The largest absolute Gasteiger partial charge is 0.394 e. The number of rotatable bonds is 7. The second-order valence-electron chi connectivity index (χ2n) is 9.24. The molecule has 16 N–H and O–H groups in total. The molecule has 0 radical (unpaired) electrons. The van der Waals surface area contributed by atoms with Gasteiger partial charge in [0.2, 0.25) is 0 Å². The minimum atomic E-state index is -1.51. The van der Waals surface area contributed by atoms with Crippen molar-refractivity contribution in [3.8, 4) is 0 Å². The lowest BCUT2D eigenvalue weighted by atomic mass is 9.83. The van der Waals surface area contributed by atoms with Crippen LogP contribution in [0.25, 0.3) is 0 Å².